The number of ether oxygens (including phenoxy) is 1. The Labute approximate surface area is 112 Å². The molecule has 0 spiro atoms. The van der Waals surface area contributed by atoms with Gasteiger partial charge in [-0.15, -0.1) is 0 Å². The largest absolute Gasteiger partial charge is 0.469 e. The molecule has 1 rings (SSSR count). The van der Waals surface area contributed by atoms with Crippen LogP contribution in [0.15, 0.2) is 0 Å². The minimum atomic E-state index is -0.707. The zero-order valence-electron chi connectivity index (χ0n) is 11.6. The molecule has 0 heterocycles. The summed E-state index contributed by atoms with van der Waals surface area (Å²) in [5.74, 6) is 0.778. The first-order valence-electron chi connectivity index (χ1n) is 6.66. The molecule has 0 aromatic carbocycles. The molecule has 0 bridgehead atoms. The van der Waals surface area contributed by atoms with Gasteiger partial charge in [0.05, 0.1) is 13.0 Å². The summed E-state index contributed by atoms with van der Waals surface area (Å²) >= 11 is 0. The van der Waals surface area contributed by atoms with Crippen LogP contribution in [0.2, 0.25) is 0 Å². The van der Waals surface area contributed by atoms with E-state index >= 15 is 0 Å². The molecule has 1 saturated carbocycles. The van der Waals surface area contributed by atoms with Gasteiger partial charge in [-0.25, -0.2) is 0 Å². The summed E-state index contributed by atoms with van der Waals surface area (Å²) in [5, 5.41) is 3.57. The van der Waals surface area contributed by atoms with E-state index in [1.807, 2.05) is 0 Å². The molecule has 1 aliphatic carbocycles. The molecular formula is C13H25NO3S. The van der Waals surface area contributed by atoms with Crippen LogP contribution in [0.25, 0.3) is 0 Å². The maximum atomic E-state index is 11.4. The Morgan fingerprint density at radius 2 is 2.00 bits per heavy atom. The van der Waals surface area contributed by atoms with Gasteiger partial charge >= 0.3 is 5.97 Å². The van der Waals surface area contributed by atoms with Crippen molar-refractivity contribution < 1.29 is 13.7 Å². The lowest BCUT2D eigenvalue weighted by Gasteiger charge is -2.30. The van der Waals surface area contributed by atoms with Crippen molar-refractivity contribution in [1.82, 2.24) is 5.32 Å². The molecule has 2 atom stereocenters. The van der Waals surface area contributed by atoms with Crippen LogP contribution in [0.3, 0.4) is 0 Å². The van der Waals surface area contributed by atoms with Gasteiger partial charge in [0.15, 0.2) is 0 Å². The number of esters is 1. The van der Waals surface area contributed by atoms with Crippen molar-refractivity contribution in [2.24, 2.45) is 5.92 Å². The fraction of sp³-hybridized carbons (Fsp3) is 0.923. The van der Waals surface area contributed by atoms with Crippen LogP contribution in [0, 0.1) is 5.92 Å². The van der Waals surface area contributed by atoms with Gasteiger partial charge in [0, 0.05) is 34.9 Å². The van der Waals surface area contributed by atoms with Crippen LogP contribution in [-0.2, 0) is 20.3 Å². The molecule has 106 valence electrons. The number of methoxy groups -OCH3 is 1. The van der Waals surface area contributed by atoms with Crippen LogP contribution in [0.4, 0.5) is 0 Å². The Balaban J connectivity index is 2.22. The molecule has 0 amide bonds. The van der Waals surface area contributed by atoms with E-state index in [4.69, 9.17) is 4.74 Å². The quantitative estimate of drug-likeness (QED) is 0.746. The van der Waals surface area contributed by atoms with Crippen LogP contribution >= 0.6 is 0 Å². The third kappa shape index (κ3) is 5.48. The molecule has 0 aromatic rings. The summed E-state index contributed by atoms with van der Waals surface area (Å²) in [4.78, 5) is 11.4. The summed E-state index contributed by atoms with van der Waals surface area (Å²) in [5.41, 5.74) is 0. The summed E-state index contributed by atoms with van der Waals surface area (Å²) in [7, 11) is 0.751. The Hall–Kier alpha value is -0.420. The van der Waals surface area contributed by atoms with Crippen molar-refractivity contribution in [1.29, 1.82) is 0 Å². The normalized spacial score (nSPS) is 27.5. The van der Waals surface area contributed by atoms with Gasteiger partial charge in [-0.1, -0.05) is 0 Å². The highest BCUT2D eigenvalue weighted by molar-refractivity contribution is 7.84. The van der Waals surface area contributed by atoms with E-state index in [-0.39, 0.29) is 11.9 Å². The van der Waals surface area contributed by atoms with Crippen molar-refractivity contribution in [3.05, 3.63) is 0 Å². The first kappa shape index (κ1) is 15.6. The number of carbonyl (C=O) groups is 1. The minimum Gasteiger partial charge on any atom is -0.469 e. The first-order chi connectivity index (χ1) is 8.52. The molecule has 4 nitrogen and oxygen atoms in total. The standard InChI is InChI=1S/C13H25NO3S/c1-10(8-9-18(3)16)14-12-6-4-11(5-7-12)13(15)17-2/h10-12,14H,4-9H2,1-3H3. The maximum Gasteiger partial charge on any atom is 0.308 e. The molecule has 1 N–H and O–H groups in total. The second kappa shape index (κ2) is 7.89. The topological polar surface area (TPSA) is 55.4 Å². The van der Waals surface area contributed by atoms with Crippen molar-refractivity contribution in [3.63, 3.8) is 0 Å². The van der Waals surface area contributed by atoms with E-state index in [0.29, 0.717) is 12.1 Å². The van der Waals surface area contributed by atoms with Gasteiger partial charge in [0.1, 0.15) is 0 Å². The molecule has 2 unspecified atom stereocenters. The fourth-order valence-corrected chi connectivity index (χ4v) is 3.18. The van der Waals surface area contributed by atoms with Gasteiger partial charge in [0.2, 0.25) is 0 Å². The first-order valence-corrected chi connectivity index (χ1v) is 8.39. The summed E-state index contributed by atoms with van der Waals surface area (Å²) in [6.07, 6.45) is 6.57. The molecular weight excluding hydrogens is 250 g/mol. The van der Waals surface area contributed by atoms with Gasteiger partial charge in [-0.2, -0.15) is 0 Å². The number of carbonyl (C=O) groups excluding carboxylic acids is 1. The average molecular weight is 275 g/mol. The van der Waals surface area contributed by atoms with E-state index in [9.17, 15) is 9.00 Å². The Morgan fingerprint density at radius 1 is 1.39 bits per heavy atom. The van der Waals surface area contributed by atoms with E-state index in [1.165, 1.54) is 7.11 Å². The molecule has 1 aliphatic rings. The lowest BCUT2D eigenvalue weighted by atomic mass is 9.86. The molecule has 18 heavy (non-hydrogen) atoms. The second-order valence-electron chi connectivity index (χ2n) is 5.21. The molecule has 0 radical (unpaired) electrons. The zero-order chi connectivity index (χ0) is 13.5. The Bertz CT molecular complexity index is 288. The molecule has 1 fully saturated rings. The van der Waals surface area contributed by atoms with Gasteiger partial charge in [-0.3, -0.25) is 9.00 Å². The van der Waals surface area contributed by atoms with Gasteiger partial charge in [-0.05, 0) is 39.0 Å². The number of nitrogens with one attached hydrogen (secondary N) is 1. The molecule has 5 heteroatoms. The van der Waals surface area contributed by atoms with Crippen molar-refractivity contribution in [2.45, 2.75) is 51.1 Å². The smallest absolute Gasteiger partial charge is 0.308 e. The van der Waals surface area contributed by atoms with E-state index in [0.717, 1.165) is 37.9 Å². The highest BCUT2D eigenvalue weighted by Gasteiger charge is 2.27. The summed E-state index contributed by atoms with van der Waals surface area (Å²) < 4.78 is 15.8. The van der Waals surface area contributed by atoms with Crippen molar-refractivity contribution in [2.75, 3.05) is 19.1 Å². The third-order valence-electron chi connectivity index (χ3n) is 3.62. The molecule has 0 aromatic heterocycles. The number of rotatable bonds is 6. The highest BCUT2D eigenvalue weighted by Crippen LogP contribution is 2.25. The van der Waals surface area contributed by atoms with Crippen LogP contribution < -0.4 is 5.32 Å². The summed E-state index contributed by atoms with van der Waals surface area (Å²) in [6.45, 7) is 2.14. The lowest BCUT2D eigenvalue weighted by Crippen LogP contribution is -2.40. The third-order valence-corrected chi connectivity index (χ3v) is 4.43. The van der Waals surface area contributed by atoms with E-state index in [2.05, 4.69) is 12.2 Å². The SMILES string of the molecule is COC(=O)C1CCC(NC(C)CCS(C)=O)CC1. The van der Waals surface area contributed by atoms with Crippen LogP contribution in [0.5, 0.6) is 0 Å². The maximum absolute atomic E-state index is 11.4. The molecule has 0 aliphatic heterocycles. The lowest BCUT2D eigenvalue weighted by molar-refractivity contribution is -0.146. The van der Waals surface area contributed by atoms with Gasteiger partial charge < -0.3 is 10.1 Å². The van der Waals surface area contributed by atoms with Gasteiger partial charge in [0.25, 0.3) is 0 Å². The van der Waals surface area contributed by atoms with Crippen LogP contribution in [-0.4, -0.2) is 41.4 Å². The Morgan fingerprint density at radius 3 is 2.50 bits per heavy atom. The van der Waals surface area contributed by atoms with E-state index in [1.54, 1.807) is 6.26 Å². The van der Waals surface area contributed by atoms with Crippen LogP contribution in [0.1, 0.15) is 39.0 Å². The predicted molar refractivity (Wildman–Crippen MR) is 73.9 cm³/mol. The second-order valence-corrected chi connectivity index (χ2v) is 6.76. The van der Waals surface area contributed by atoms with E-state index < -0.39 is 10.8 Å². The summed E-state index contributed by atoms with van der Waals surface area (Å²) in [6, 6.07) is 0.889. The Kier molecular flexibility index (Phi) is 6.86. The number of hydrogen-bond donors (Lipinski definition) is 1. The fourth-order valence-electron chi connectivity index (χ4n) is 2.49. The predicted octanol–water partition coefficient (Wildman–Crippen LogP) is 1.46. The zero-order valence-corrected chi connectivity index (χ0v) is 12.4. The van der Waals surface area contributed by atoms with Crippen molar-refractivity contribution >= 4 is 16.8 Å². The average Bonchev–Trinajstić information content (AvgIpc) is 2.36. The minimum absolute atomic E-state index is 0.0668. The molecule has 0 saturated heterocycles. The monoisotopic (exact) mass is 275 g/mol. The highest BCUT2D eigenvalue weighted by atomic mass is 32.2. The number of hydrogen-bond acceptors (Lipinski definition) is 4. The van der Waals surface area contributed by atoms with Crippen molar-refractivity contribution in [3.8, 4) is 0 Å².